The molecule has 178 valence electrons. The molecule has 2 aliphatic rings. The monoisotopic (exact) mass is 480 g/mol. The third-order valence-corrected chi connectivity index (χ3v) is 8.20. The highest BCUT2D eigenvalue weighted by Crippen LogP contribution is 2.20. The number of carbonyl (C=O) groups excluding carboxylic acids is 1. The fourth-order valence-electron chi connectivity index (χ4n) is 4.53. The van der Waals surface area contributed by atoms with Crippen molar-refractivity contribution in [3.8, 4) is 5.75 Å². The SMILES string of the molecule is O=C(C=Cc1ccc(OCc2cn3ccccc3n2)cc1)N1CCN(C2CCS(=O)(=O)C2)CC1. The lowest BCUT2D eigenvalue weighted by Gasteiger charge is -2.37. The van der Waals surface area contributed by atoms with Gasteiger partial charge in [-0.15, -0.1) is 0 Å². The summed E-state index contributed by atoms with van der Waals surface area (Å²) in [5.41, 5.74) is 2.66. The van der Waals surface area contributed by atoms with E-state index in [1.807, 2.05) is 70.2 Å². The second-order valence-electron chi connectivity index (χ2n) is 8.81. The lowest BCUT2D eigenvalue weighted by Crippen LogP contribution is -2.52. The quantitative estimate of drug-likeness (QED) is 0.504. The van der Waals surface area contributed by atoms with E-state index in [-0.39, 0.29) is 23.5 Å². The molecule has 3 aromatic rings. The Balaban J connectivity index is 1.09. The molecule has 0 aliphatic carbocycles. The number of aromatic nitrogens is 2. The Morgan fingerprint density at radius 2 is 1.88 bits per heavy atom. The first-order chi connectivity index (χ1) is 16.4. The number of hydrogen-bond acceptors (Lipinski definition) is 6. The largest absolute Gasteiger partial charge is 0.487 e. The second-order valence-corrected chi connectivity index (χ2v) is 11.0. The topological polar surface area (TPSA) is 84.2 Å². The number of fused-ring (bicyclic) bond motifs is 1. The van der Waals surface area contributed by atoms with Gasteiger partial charge in [-0.2, -0.15) is 0 Å². The zero-order valence-corrected chi connectivity index (χ0v) is 19.7. The van der Waals surface area contributed by atoms with Crippen LogP contribution in [0.2, 0.25) is 0 Å². The number of nitrogens with zero attached hydrogens (tertiary/aromatic N) is 4. The van der Waals surface area contributed by atoms with Crippen LogP contribution < -0.4 is 4.74 Å². The molecule has 0 bridgehead atoms. The summed E-state index contributed by atoms with van der Waals surface area (Å²) in [5, 5.41) is 0. The molecule has 2 fully saturated rings. The van der Waals surface area contributed by atoms with E-state index in [2.05, 4.69) is 9.88 Å². The molecule has 0 radical (unpaired) electrons. The Morgan fingerprint density at radius 3 is 2.59 bits per heavy atom. The van der Waals surface area contributed by atoms with Crippen LogP contribution in [0.3, 0.4) is 0 Å². The average molecular weight is 481 g/mol. The van der Waals surface area contributed by atoms with Crippen LogP contribution >= 0.6 is 0 Å². The van der Waals surface area contributed by atoms with Gasteiger partial charge in [0.05, 0.1) is 17.2 Å². The first-order valence-corrected chi connectivity index (χ1v) is 13.3. The van der Waals surface area contributed by atoms with E-state index < -0.39 is 9.84 Å². The smallest absolute Gasteiger partial charge is 0.246 e. The van der Waals surface area contributed by atoms with Crippen LogP contribution in [0.5, 0.6) is 5.75 Å². The van der Waals surface area contributed by atoms with E-state index in [4.69, 9.17) is 4.74 Å². The molecule has 34 heavy (non-hydrogen) atoms. The first kappa shape index (κ1) is 22.6. The number of hydrogen-bond donors (Lipinski definition) is 0. The highest BCUT2D eigenvalue weighted by atomic mass is 32.2. The van der Waals surface area contributed by atoms with Crippen LogP contribution in [-0.4, -0.2) is 77.2 Å². The molecule has 2 aromatic heterocycles. The predicted octanol–water partition coefficient (Wildman–Crippen LogP) is 2.26. The molecule has 5 rings (SSSR count). The lowest BCUT2D eigenvalue weighted by molar-refractivity contribution is -0.127. The molecule has 2 aliphatic heterocycles. The molecule has 8 nitrogen and oxygen atoms in total. The van der Waals surface area contributed by atoms with E-state index in [1.165, 1.54) is 0 Å². The van der Waals surface area contributed by atoms with Crippen molar-refractivity contribution in [3.63, 3.8) is 0 Å². The number of rotatable bonds is 6. The molecule has 9 heteroatoms. The molecular weight excluding hydrogens is 452 g/mol. The first-order valence-electron chi connectivity index (χ1n) is 11.5. The van der Waals surface area contributed by atoms with Crippen LogP contribution in [0, 0.1) is 0 Å². The van der Waals surface area contributed by atoms with Crippen molar-refractivity contribution in [1.29, 1.82) is 0 Å². The number of piperazine rings is 1. The molecule has 0 saturated carbocycles. The van der Waals surface area contributed by atoms with Crippen LogP contribution in [-0.2, 0) is 21.2 Å². The normalized spacial score (nSPS) is 20.8. The number of ether oxygens (including phenoxy) is 1. The Kier molecular flexibility index (Phi) is 6.38. The zero-order valence-electron chi connectivity index (χ0n) is 18.9. The van der Waals surface area contributed by atoms with Gasteiger partial charge >= 0.3 is 0 Å². The lowest BCUT2D eigenvalue weighted by atomic mass is 10.1. The van der Waals surface area contributed by atoms with Crippen molar-refractivity contribution in [2.45, 2.75) is 19.1 Å². The number of amides is 1. The van der Waals surface area contributed by atoms with Gasteiger partial charge in [-0.25, -0.2) is 13.4 Å². The Labute approximate surface area is 199 Å². The van der Waals surface area contributed by atoms with Crippen molar-refractivity contribution in [2.24, 2.45) is 0 Å². The third-order valence-electron chi connectivity index (χ3n) is 6.45. The van der Waals surface area contributed by atoms with E-state index in [0.29, 0.717) is 26.1 Å². The number of pyridine rings is 1. The van der Waals surface area contributed by atoms with E-state index in [9.17, 15) is 13.2 Å². The Bertz CT molecular complexity index is 1260. The third kappa shape index (κ3) is 5.31. The highest BCUT2D eigenvalue weighted by Gasteiger charge is 2.34. The number of imidazole rings is 1. The minimum atomic E-state index is -2.89. The minimum Gasteiger partial charge on any atom is -0.487 e. The van der Waals surface area contributed by atoms with Crippen LogP contribution in [0.1, 0.15) is 17.7 Å². The van der Waals surface area contributed by atoms with E-state index in [0.717, 1.165) is 35.7 Å². The maximum absolute atomic E-state index is 12.6. The number of benzene rings is 1. The molecule has 2 saturated heterocycles. The summed E-state index contributed by atoms with van der Waals surface area (Å²) in [4.78, 5) is 21.2. The molecule has 4 heterocycles. The van der Waals surface area contributed by atoms with Gasteiger partial charge in [0.1, 0.15) is 18.0 Å². The standard InChI is InChI=1S/C25H28N4O4S/c30-25(28-14-12-27(13-15-28)22-10-16-34(31,32)19-22)9-6-20-4-7-23(8-5-20)33-18-21-17-29-11-2-1-3-24(29)26-21/h1-9,11,17,22H,10,12-16,18-19H2. The summed E-state index contributed by atoms with van der Waals surface area (Å²) in [6, 6.07) is 13.6. The maximum atomic E-state index is 12.6. The maximum Gasteiger partial charge on any atom is 0.246 e. The highest BCUT2D eigenvalue weighted by molar-refractivity contribution is 7.91. The van der Waals surface area contributed by atoms with E-state index >= 15 is 0 Å². The zero-order chi connectivity index (χ0) is 23.5. The Hall–Kier alpha value is -3.17. The van der Waals surface area contributed by atoms with Gasteiger partial charge in [0, 0.05) is 50.7 Å². The molecule has 1 aromatic carbocycles. The van der Waals surface area contributed by atoms with Crippen LogP contribution in [0.15, 0.2) is 60.9 Å². The van der Waals surface area contributed by atoms with Gasteiger partial charge in [0.25, 0.3) is 0 Å². The average Bonchev–Trinajstić information content (AvgIpc) is 3.44. The summed E-state index contributed by atoms with van der Waals surface area (Å²) in [7, 11) is -2.89. The fourth-order valence-corrected chi connectivity index (χ4v) is 6.29. The summed E-state index contributed by atoms with van der Waals surface area (Å²) in [6.07, 6.45) is 8.02. The Morgan fingerprint density at radius 1 is 1.09 bits per heavy atom. The van der Waals surface area contributed by atoms with E-state index in [1.54, 1.807) is 6.08 Å². The van der Waals surface area contributed by atoms with Gasteiger partial charge in [0.15, 0.2) is 9.84 Å². The minimum absolute atomic E-state index is 0.0223. The van der Waals surface area contributed by atoms with Gasteiger partial charge in [-0.05, 0) is 42.3 Å². The van der Waals surface area contributed by atoms with Gasteiger partial charge in [0.2, 0.25) is 5.91 Å². The molecule has 1 atom stereocenters. The summed E-state index contributed by atoms with van der Waals surface area (Å²) < 4.78 is 31.2. The van der Waals surface area contributed by atoms with Crippen molar-refractivity contribution < 1.29 is 17.9 Å². The number of carbonyl (C=O) groups is 1. The van der Waals surface area contributed by atoms with Crippen molar-refractivity contribution in [2.75, 3.05) is 37.7 Å². The van der Waals surface area contributed by atoms with Gasteiger partial charge in [-0.3, -0.25) is 9.69 Å². The van der Waals surface area contributed by atoms with Crippen molar-refractivity contribution in [3.05, 3.63) is 72.2 Å². The molecule has 1 amide bonds. The van der Waals surface area contributed by atoms with Crippen molar-refractivity contribution >= 4 is 27.5 Å². The molecule has 1 unspecified atom stereocenters. The summed E-state index contributed by atoms with van der Waals surface area (Å²) in [6.45, 7) is 3.06. The molecular formula is C25H28N4O4S. The van der Waals surface area contributed by atoms with Gasteiger partial charge < -0.3 is 14.0 Å². The van der Waals surface area contributed by atoms with Crippen LogP contribution in [0.25, 0.3) is 11.7 Å². The molecule has 0 N–H and O–H groups in total. The van der Waals surface area contributed by atoms with Crippen molar-refractivity contribution in [1.82, 2.24) is 19.2 Å². The van der Waals surface area contributed by atoms with Crippen LogP contribution in [0.4, 0.5) is 0 Å². The second kappa shape index (κ2) is 9.60. The predicted molar refractivity (Wildman–Crippen MR) is 130 cm³/mol. The molecule has 0 spiro atoms. The summed E-state index contributed by atoms with van der Waals surface area (Å²) in [5.74, 6) is 1.25. The summed E-state index contributed by atoms with van der Waals surface area (Å²) >= 11 is 0. The van der Waals surface area contributed by atoms with Gasteiger partial charge in [-0.1, -0.05) is 18.2 Å². The fraction of sp³-hybridized carbons (Fsp3) is 0.360. The number of sulfone groups is 1.